The number of thiocarbonyl (C=S) groups is 2. The van der Waals surface area contributed by atoms with Gasteiger partial charge in [0.1, 0.15) is 0 Å². The molecule has 0 bridgehead atoms. The lowest BCUT2D eigenvalue weighted by molar-refractivity contribution is 0.123. The van der Waals surface area contributed by atoms with E-state index in [9.17, 15) is 0 Å². The maximum Gasteiger partial charge on any atom is 0.500 e. The molecular weight excluding hydrogens is 352 g/mol. The Bertz CT molecular complexity index is 294. The highest BCUT2D eigenvalue weighted by Gasteiger charge is 2.36. The van der Waals surface area contributed by atoms with Crippen LogP contribution in [-0.4, -0.2) is 70.3 Å². The van der Waals surface area contributed by atoms with Gasteiger partial charge in [-0.2, -0.15) is 0 Å². The molecule has 0 saturated carbocycles. The van der Waals surface area contributed by atoms with Crippen LogP contribution in [0.2, 0.25) is 6.04 Å². The van der Waals surface area contributed by atoms with E-state index in [1.807, 2.05) is 14.1 Å². The Morgan fingerprint density at radius 3 is 1.95 bits per heavy atom. The van der Waals surface area contributed by atoms with Crippen molar-refractivity contribution < 1.29 is 22.6 Å². The maximum atomic E-state index is 7.56. The normalized spacial score (nSPS) is 10.3. The van der Waals surface area contributed by atoms with Gasteiger partial charge in [-0.3, -0.25) is 0 Å². The summed E-state index contributed by atoms with van der Waals surface area (Å²) in [6.07, 6.45) is 0.891. The fourth-order valence-corrected chi connectivity index (χ4v) is 3.79. The molecule has 126 valence electrons. The van der Waals surface area contributed by atoms with Crippen LogP contribution in [0.3, 0.4) is 0 Å². The third-order valence-corrected chi connectivity index (χ3v) is 6.26. The summed E-state index contributed by atoms with van der Waals surface area (Å²) >= 11 is 10.2. The molecule has 0 radical (unpaired) electrons. The third-order valence-electron chi connectivity index (χ3n) is 2.14. The molecule has 0 aliphatic heterocycles. The van der Waals surface area contributed by atoms with Crippen LogP contribution in [0.25, 0.3) is 0 Å². The van der Waals surface area contributed by atoms with Crippen LogP contribution in [0, 0.1) is 0 Å². The largest absolute Gasteiger partial charge is 0.500 e. The number of hydrogen-bond acceptors (Lipinski definition) is 7. The molecule has 0 atom stereocenters. The molecule has 0 aliphatic rings. The molecule has 0 aromatic heterocycles. The van der Waals surface area contributed by atoms with Crippen molar-refractivity contribution in [3.05, 3.63) is 0 Å². The summed E-state index contributed by atoms with van der Waals surface area (Å²) in [5.74, 6) is 0.818. The van der Waals surface area contributed by atoms with Gasteiger partial charge in [0.05, 0.1) is 12.0 Å². The standard InChI is InChI=1S/C9H21NO4S2Si.CH3NOS/c1-10(2)9(15)14-16-7-6-8-17(11-3,12-4)13-5;2-1(3)4/h6-8H2,1-5H3;(H3,2,3,4). The summed E-state index contributed by atoms with van der Waals surface area (Å²) < 4.78 is 21.2. The smallest absolute Gasteiger partial charge is 0.487 e. The van der Waals surface area contributed by atoms with Crippen LogP contribution >= 0.6 is 36.5 Å². The molecule has 0 aliphatic carbocycles. The first-order chi connectivity index (χ1) is 9.74. The van der Waals surface area contributed by atoms with Gasteiger partial charge in [0.2, 0.25) is 0 Å². The Hall–Kier alpha value is -0.173. The maximum absolute atomic E-state index is 7.56. The fourth-order valence-electron chi connectivity index (χ4n) is 1.07. The summed E-state index contributed by atoms with van der Waals surface area (Å²) in [4.78, 5) is 1.75. The van der Waals surface area contributed by atoms with E-state index in [0.29, 0.717) is 5.17 Å². The molecule has 0 saturated heterocycles. The molecule has 0 rings (SSSR count). The quantitative estimate of drug-likeness (QED) is 0.282. The average molecular weight is 377 g/mol. The zero-order valence-corrected chi connectivity index (χ0v) is 16.4. The van der Waals surface area contributed by atoms with E-state index in [1.54, 1.807) is 26.2 Å². The highest BCUT2D eigenvalue weighted by atomic mass is 32.2. The van der Waals surface area contributed by atoms with Crippen LogP contribution in [-0.2, 0) is 17.5 Å². The van der Waals surface area contributed by atoms with Gasteiger partial charge in [0.15, 0.2) is 0 Å². The minimum Gasteiger partial charge on any atom is -0.487 e. The molecule has 0 unspecified atom stereocenters. The second kappa shape index (κ2) is 13.5. The number of aliphatic hydroxyl groups is 1. The summed E-state index contributed by atoms with van der Waals surface area (Å²) in [5, 5.41) is 7.54. The van der Waals surface area contributed by atoms with Crippen LogP contribution in [0.4, 0.5) is 0 Å². The number of nitrogens with zero attached hydrogens (tertiary/aromatic N) is 1. The van der Waals surface area contributed by atoms with Crippen molar-refractivity contribution in [2.24, 2.45) is 5.73 Å². The second-order valence-electron chi connectivity index (χ2n) is 3.80. The van der Waals surface area contributed by atoms with Crippen molar-refractivity contribution in [1.29, 1.82) is 0 Å². The summed E-state index contributed by atoms with van der Waals surface area (Å²) in [7, 11) is 6.11. The molecular formula is C10H24N2O5S3Si. The number of rotatable bonds is 8. The molecule has 0 amide bonds. The predicted octanol–water partition coefficient (Wildman–Crippen LogP) is 1.55. The van der Waals surface area contributed by atoms with Crippen molar-refractivity contribution in [3.8, 4) is 0 Å². The van der Waals surface area contributed by atoms with E-state index in [0.717, 1.165) is 18.2 Å². The van der Waals surface area contributed by atoms with Gasteiger partial charge in [-0.05, 0) is 30.9 Å². The fraction of sp³-hybridized carbons (Fsp3) is 0.800. The number of aliphatic hydroxyl groups excluding tert-OH is 1. The average Bonchev–Trinajstić information content (AvgIpc) is 2.42. The van der Waals surface area contributed by atoms with Gasteiger partial charge in [0, 0.05) is 47.2 Å². The van der Waals surface area contributed by atoms with E-state index in [2.05, 4.69) is 18.0 Å². The van der Waals surface area contributed by atoms with Crippen molar-refractivity contribution >= 4 is 55.6 Å². The van der Waals surface area contributed by atoms with Crippen LogP contribution in [0.1, 0.15) is 6.42 Å². The zero-order chi connectivity index (χ0) is 16.9. The first-order valence-corrected chi connectivity index (χ1v) is 9.55. The van der Waals surface area contributed by atoms with E-state index >= 15 is 0 Å². The zero-order valence-electron chi connectivity index (χ0n) is 13.0. The first-order valence-electron chi connectivity index (χ1n) is 5.89. The van der Waals surface area contributed by atoms with Crippen LogP contribution in [0.5, 0.6) is 0 Å². The van der Waals surface area contributed by atoms with Crippen molar-refractivity contribution in [1.82, 2.24) is 4.90 Å². The summed E-state index contributed by atoms with van der Waals surface area (Å²) in [5.41, 5.74) is 4.40. The monoisotopic (exact) mass is 376 g/mol. The summed E-state index contributed by atoms with van der Waals surface area (Å²) in [6, 6.07) is 0.765. The molecule has 11 heteroatoms. The Kier molecular flexibility index (Phi) is 14.8. The second-order valence-corrected chi connectivity index (χ2v) is 8.47. The highest BCUT2D eigenvalue weighted by Crippen LogP contribution is 2.17. The Morgan fingerprint density at radius 2 is 1.62 bits per heavy atom. The number of nitrogens with two attached hydrogens (primary N) is 1. The lowest BCUT2D eigenvalue weighted by Crippen LogP contribution is -2.42. The van der Waals surface area contributed by atoms with Gasteiger partial charge >= 0.3 is 8.80 Å². The van der Waals surface area contributed by atoms with Crippen molar-refractivity contribution in [3.63, 3.8) is 0 Å². The van der Waals surface area contributed by atoms with Gasteiger partial charge in [-0.1, -0.05) is 0 Å². The Labute approximate surface area is 142 Å². The minimum atomic E-state index is -2.43. The van der Waals surface area contributed by atoms with E-state index < -0.39 is 14.0 Å². The first kappa shape index (κ1) is 23.1. The molecule has 21 heavy (non-hydrogen) atoms. The van der Waals surface area contributed by atoms with E-state index in [1.165, 1.54) is 12.0 Å². The van der Waals surface area contributed by atoms with Crippen LogP contribution < -0.4 is 5.73 Å². The Balaban J connectivity index is 0. The lowest BCUT2D eigenvalue weighted by atomic mass is 10.6. The topological polar surface area (TPSA) is 86.4 Å². The molecule has 0 aromatic rings. The van der Waals surface area contributed by atoms with Gasteiger partial charge in [0.25, 0.3) is 10.3 Å². The van der Waals surface area contributed by atoms with Gasteiger partial charge < -0.3 is 33.2 Å². The van der Waals surface area contributed by atoms with Crippen molar-refractivity contribution in [2.45, 2.75) is 12.5 Å². The molecule has 0 aromatic carbocycles. The molecule has 0 spiro atoms. The van der Waals surface area contributed by atoms with Crippen LogP contribution in [0.15, 0.2) is 0 Å². The molecule has 0 fully saturated rings. The van der Waals surface area contributed by atoms with Crippen molar-refractivity contribution in [2.75, 3.05) is 41.2 Å². The van der Waals surface area contributed by atoms with Gasteiger partial charge in [-0.15, -0.1) is 0 Å². The van der Waals surface area contributed by atoms with Gasteiger partial charge in [-0.25, -0.2) is 0 Å². The minimum absolute atomic E-state index is 0.476. The Morgan fingerprint density at radius 1 is 1.19 bits per heavy atom. The van der Waals surface area contributed by atoms with E-state index in [-0.39, 0.29) is 0 Å². The third kappa shape index (κ3) is 13.2. The predicted molar refractivity (Wildman–Crippen MR) is 95.4 cm³/mol. The molecule has 7 nitrogen and oxygen atoms in total. The number of hydrogen-bond donors (Lipinski definition) is 2. The lowest BCUT2D eigenvalue weighted by Gasteiger charge is -2.24. The molecule has 3 N–H and O–H groups in total. The van der Waals surface area contributed by atoms with E-state index in [4.69, 9.17) is 34.8 Å². The summed E-state index contributed by atoms with van der Waals surface area (Å²) in [6.45, 7) is 0. The molecule has 0 heterocycles. The SMILES string of the molecule is CO[Si](CCCSOC(=S)N(C)C)(OC)OC.NC(O)=S. The highest BCUT2D eigenvalue weighted by molar-refractivity contribution is 7.95.